The molecular formula is C18H22N4S. The molecule has 4 rings (SSSR count). The van der Waals surface area contributed by atoms with E-state index in [4.69, 9.17) is 12.2 Å². The van der Waals surface area contributed by atoms with E-state index in [2.05, 4.69) is 52.5 Å². The van der Waals surface area contributed by atoms with Crippen LogP contribution in [0.25, 0.3) is 16.5 Å². The van der Waals surface area contributed by atoms with Crippen molar-refractivity contribution in [1.82, 2.24) is 14.5 Å². The molecule has 0 fully saturated rings. The summed E-state index contributed by atoms with van der Waals surface area (Å²) in [6.07, 6.45) is 6.85. The van der Waals surface area contributed by atoms with Crippen LogP contribution in [0.1, 0.15) is 17.5 Å². The van der Waals surface area contributed by atoms with Crippen LogP contribution in [-0.4, -0.2) is 53.3 Å². The van der Waals surface area contributed by atoms with E-state index in [1.165, 1.54) is 27.6 Å². The first-order valence-corrected chi connectivity index (χ1v) is 8.49. The Bertz CT molecular complexity index is 818. The van der Waals surface area contributed by atoms with Gasteiger partial charge in [0.2, 0.25) is 0 Å². The molecule has 1 atom stereocenters. The molecule has 5 heteroatoms. The Hall–Kier alpha value is -1.85. The Morgan fingerprint density at radius 1 is 1.35 bits per heavy atom. The maximum atomic E-state index is 5.41. The van der Waals surface area contributed by atoms with Gasteiger partial charge in [-0.25, -0.2) is 0 Å². The van der Waals surface area contributed by atoms with E-state index in [-0.39, 0.29) is 0 Å². The van der Waals surface area contributed by atoms with Crippen LogP contribution in [0, 0.1) is 0 Å². The lowest BCUT2D eigenvalue weighted by atomic mass is 9.82. The average molecular weight is 326 g/mol. The summed E-state index contributed by atoms with van der Waals surface area (Å²) < 4.78 is 2.08. The number of nitrogens with one attached hydrogen (secondary N) is 1. The minimum absolute atomic E-state index is 0.499. The number of hydrogen-bond donors (Lipinski definition) is 1. The molecule has 2 aromatic rings. The largest absolute Gasteiger partial charge is 0.354 e. The first-order valence-electron chi connectivity index (χ1n) is 8.08. The first kappa shape index (κ1) is 14.7. The third-order valence-electron chi connectivity index (χ3n) is 4.99. The summed E-state index contributed by atoms with van der Waals surface area (Å²) in [6.45, 7) is 1.14. The first-order chi connectivity index (χ1) is 11.1. The SMILES string of the molecule is CN(C)C(=S)Nn1cc2c3c(cccc31)C1=CCCN(C)[C@@H]1C2. The molecule has 0 spiro atoms. The predicted octanol–water partition coefficient (Wildman–Crippen LogP) is 2.67. The quantitative estimate of drug-likeness (QED) is 0.814. The van der Waals surface area contributed by atoms with Gasteiger partial charge in [0.05, 0.1) is 5.52 Å². The number of nitrogens with zero attached hydrogens (tertiary/aromatic N) is 3. The van der Waals surface area contributed by atoms with Crippen LogP contribution in [0.15, 0.2) is 30.5 Å². The Morgan fingerprint density at radius 3 is 2.96 bits per heavy atom. The highest BCUT2D eigenvalue weighted by atomic mass is 32.1. The topological polar surface area (TPSA) is 23.4 Å². The summed E-state index contributed by atoms with van der Waals surface area (Å²) in [4.78, 5) is 4.40. The minimum Gasteiger partial charge on any atom is -0.354 e. The van der Waals surface area contributed by atoms with E-state index in [0.717, 1.165) is 19.4 Å². The summed E-state index contributed by atoms with van der Waals surface area (Å²) in [5, 5.41) is 2.09. The molecule has 0 bridgehead atoms. The molecule has 0 amide bonds. The molecule has 1 aliphatic carbocycles. The van der Waals surface area contributed by atoms with Crippen molar-refractivity contribution in [2.75, 3.05) is 33.1 Å². The second kappa shape index (κ2) is 5.35. The van der Waals surface area contributed by atoms with Gasteiger partial charge in [0, 0.05) is 38.3 Å². The number of thiocarbonyl (C=S) groups is 1. The van der Waals surface area contributed by atoms with Gasteiger partial charge in [-0.05, 0) is 54.9 Å². The average Bonchev–Trinajstić information content (AvgIpc) is 2.88. The van der Waals surface area contributed by atoms with Crippen molar-refractivity contribution in [1.29, 1.82) is 0 Å². The van der Waals surface area contributed by atoms with Gasteiger partial charge in [0.1, 0.15) is 0 Å². The highest BCUT2D eigenvalue weighted by Crippen LogP contribution is 2.40. The number of rotatable bonds is 1. The lowest BCUT2D eigenvalue weighted by molar-refractivity contribution is 0.282. The molecule has 1 aromatic heterocycles. The normalized spacial score (nSPS) is 20.1. The van der Waals surface area contributed by atoms with Crippen molar-refractivity contribution in [3.8, 4) is 0 Å². The summed E-state index contributed by atoms with van der Waals surface area (Å²) in [5.41, 5.74) is 8.81. The molecule has 2 heterocycles. The standard InChI is InChI=1S/C18H22N4S/c1-20(2)18(23)19-22-11-12-10-16-13(7-5-9-21(16)3)14-6-4-8-15(22)17(12)14/h4,6-8,11,16H,5,9-10H2,1-3H3,(H,19,23)/t16-/m1/s1. The molecule has 1 aromatic carbocycles. The molecule has 0 saturated carbocycles. The lowest BCUT2D eigenvalue weighted by Gasteiger charge is -2.36. The fourth-order valence-electron chi connectivity index (χ4n) is 3.78. The molecule has 120 valence electrons. The fourth-order valence-corrected chi connectivity index (χ4v) is 3.87. The van der Waals surface area contributed by atoms with Gasteiger partial charge in [-0.2, -0.15) is 0 Å². The Morgan fingerprint density at radius 2 is 2.17 bits per heavy atom. The van der Waals surface area contributed by atoms with Crippen molar-refractivity contribution in [2.45, 2.75) is 18.9 Å². The summed E-state index contributed by atoms with van der Waals surface area (Å²) in [5.74, 6) is 0. The van der Waals surface area contributed by atoms with Crippen LogP contribution < -0.4 is 5.43 Å². The van der Waals surface area contributed by atoms with Crippen LogP contribution in [0.4, 0.5) is 0 Å². The Kier molecular flexibility index (Phi) is 3.43. The van der Waals surface area contributed by atoms with Gasteiger partial charge < -0.3 is 4.90 Å². The van der Waals surface area contributed by atoms with Gasteiger partial charge in [0.25, 0.3) is 0 Å². The van der Waals surface area contributed by atoms with E-state index >= 15 is 0 Å². The summed E-state index contributed by atoms with van der Waals surface area (Å²) in [7, 11) is 6.15. The predicted molar refractivity (Wildman–Crippen MR) is 100 cm³/mol. The van der Waals surface area contributed by atoms with E-state index in [1.807, 2.05) is 19.0 Å². The molecule has 1 aliphatic heterocycles. The Balaban J connectivity index is 1.86. The van der Waals surface area contributed by atoms with Gasteiger partial charge >= 0.3 is 0 Å². The molecule has 1 N–H and O–H groups in total. The van der Waals surface area contributed by atoms with E-state index in [0.29, 0.717) is 11.2 Å². The van der Waals surface area contributed by atoms with Gasteiger partial charge in [-0.15, -0.1) is 0 Å². The zero-order chi connectivity index (χ0) is 16.1. The fraction of sp³-hybridized carbons (Fsp3) is 0.389. The van der Waals surface area contributed by atoms with Crippen LogP contribution in [0.2, 0.25) is 0 Å². The lowest BCUT2D eigenvalue weighted by Crippen LogP contribution is -2.39. The van der Waals surface area contributed by atoms with Gasteiger partial charge in [-0.3, -0.25) is 15.0 Å². The van der Waals surface area contributed by atoms with E-state index in [1.54, 1.807) is 0 Å². The molecule has 0 radical (unpaired) electrons. The number of aromatic nitrogens is 1. The smallest absolute Gasteiger partial charge is 0.187 e. The maximum absolute atomic E-state index is 5.41. The zero-order valence-electron chi connectivity index (χ0n) is 13.8. The number of hydrogen-bond acceptors (Lipinski definition) is 2. The third-order valence-corrected chi connectivity index (χ3v) is 5.45. The number of likely N-dealkylation sites (N-methyl/N-ethyl adjacent to an activating group) is 1. The van der Waals surface area contributed by atoms with Crippen LogP contribution in [0.5, 0.6) is 0 Å². The van der Waals surface area contributed by atoms with Crippen molar-refractivity contribution >= 4 is 33.8 Å². The summed E-state index contributed by atoms with van der Waals surface area (Å²) in [6, 6.07) is 7.08. The Labute approximate surface area is 142 Å². The summed E-state index contributed by atoms with van der Waals surface area (Å²) >= 11 is 5.41. The van der Waals surface area contributed by atoms with Crippen LogP contribution >= 0.6 is 12.2 Å². The molecule has 0 unspecified atom stereocenters. The van der Waals surface area contributed by atoms with E-state index in [9.17, 15) is 0 Å². The molecule has 4 nitrogen and oxygen atoms in total. The van der Waals surface area contributed by atoms with Crippen molar-refractivity contribution < 1.29 is 0 Å². The van der Waals surface area contributed by atoms with Gasteiger partial charge in [0.15, 0.2) is 5.11 Å². The highest BCUT2D eigenvalue weighted by Gasteiger charge is 2.31. The van der Waals surface area contributed by atoms with Crippen molar-refractivity contribution in [3.63, 3.8) is 0 Å². The zero-order valence-corrected chi connectivity index (χ0v) is 14.7. The van der Waals surface area contributed by atoms with Crippen LogP contribution in [0.3, 0.4) is 0 Å². The second-order valence-corrected chi connectivity index (χ2v) is 7.07. The molecular weight excluding hydrogens is 304 g/mol. The molecule has 23 heavy (non-hydrogen) atoms. The molecule has 2 aliphatic rings. The number of fused-ring (bicyclic) bond motifs is 2. The third kappa shape index (κ3) is 2.26. The maximum Gasteiger partial charge on any atom is 0.187 e. The monoisotopic (exact) mass is 326 g/mol. The number of benzene rings is 1. The van der Waals surface area contributed by atoms with Crippen molar-refractivity contribution in [2.24, 2.45) is 0 Å². The van der Waals surface area contributed by atoms with Crippen molar-refractivity contribution in [3.05, 3.63) is 41.6 Å². The highest BCUT2D eigenvalue weighted by molar-refractivity contribution is 7.80. The van der Waals surface area contributed by atoms with Gasteiger partial charge in [-0.1, -0.05) is 18.2 Å². The second-order valence-electron chi connectivity index (χ2n) is 6.68. The van der Waals surface area contributed by atoms with Crippen LogP contribution in [-0.2, 0) is 6.42 Å². The molecule has 0 saturated heterocycles. The minimum atomic E-state index is 0.499. The van der Waals surface area contributed by atoms with E-state index < -0.39 is 0 Å².